The van der Waals surface area contributed by atoms with Crippen molar-refractivity contribution >= 4 is 27.8 Å². The first-order chi connectivity index (χ1) is 9.45. The van der Waals surface area contributed by atoms with Crippen molar-refractivity contribution in [3.63, 3.8) is 0 Å². The molecule has 116 valence electrons. The number of hydrogen-bond acceptors (Lipinski definition) is 5. The molecule has 1 saturated carbocycles. The molecule has 0 aromatic carbocycles. The molecule has 20 heavy (non-hydrogen) atoms. The monoisotopic (exact) mass is 321 g/mol. The van der Waals surface area contributed by atoms with Crippen molar-refractivity contribution in [2.24, 2.45) is 5.92 Å². The van der Waals surface area contributed by atoms with Crippen molar-refractivity contribution in [2.75, 3.05) is 25.2 Å². The molecule has 0 bridgehead atoms. The summed E-state index contributed by atoms with van der Waals surface area (Å²) in [6.07, 6.45) is 4.35. The lowest BCUT2D eigenvalue weighted by Gasteiger charge is -2.42. The van der Waals surface area contributed by atoms with E-state index in [1.807, 2.05) is 11.8 Å². The summed E-state index contributed by atoms with van der Waals surface area (Å²) in [7, 11) is -2.10. The number of carbonyl (C=O) groups is 1. The van der Waals surface area contributed by atoms with Crippen LogP contribution in [-0.4, -0.2) is 55.1 Å². The maximum absolute atomic E-state index is 12.6. The minimum absolute atomic E-state index is 0.123. The molecular formula is C13H23NO4S2. The zero-order valence-electron chi connectivity index (χ0n) is 12.1. The van der Waals surface area contributed by atoms with Gasteiger partial charge in [0, 0.05) is 23.6 Å². The number of hydrogen-bond donors (Lipinski definition) is 0. The van der Waals surface area contributed by atoms with Crippen LogP contribution in [0.1, 0.15) is 32.6 Å². The summed E-state index contributed by atoms with van der Waals surface area (Å²) in [5.74, 6) is -0.359. The predicted molar refractivity (Wildman–Crippen MR) is 80.2 cm³/mol. The zero-order chi connectivity index (χ0) is 14.8. The van der Waals surface area contributed by atoms with Gasteiger partial charge in [-0.2, -0.15) is 16.1 Å². The van der Waals surface area contributed by atoms with Gasteiger partial charge in [-0.25, -0.2) is 8.42 Å². The van der Waals surface area contributed by atoms with Gasteiger partial charge in [0.25, 0.3) is 0 Å². The van der Waals surface area contributed by atoms with Crippen LogP contribution < -0.4 is 0 Å². The summed E-state index contributed by atoms with van der Waals surface area (Å²) in [6, 6.07) is 0.123. The fourth-order valence-corrected chi connectivity index (χ4v) is 6.72. The van der Waals surface area contributed by atoms with E-state index in [1.165, 1.54) is 13.5 Å². The molecule has 0 radical (unpaired) electrons. The maximum atomic E-state index is 12.6. The summed E-state index contributed by atoms with van der Waals surface area (Å²) in [5.41, 5.74) is 0. The smallest absolute Gasteiger partial charge is 0.309 e. The molecule has 2 fully saturated rings. The summed E-state index contributed by atoms with van der Waals surface area (Å²) >= 11 is 1.90. The Bertz CT molecular complexity index is 449. The molecule has 3 unspecified atom stereocenters. The van der Waals surface area contributed by atoms with Crippen molar-refractivity contribution in [1.29, 1.82) is 0 Å². The SMILES string of the molecule is COC(=O)C(C)CS(=O)(=O)N1CCSC2CCCCC21. The van der Waals surface area contributed by atoms with Gasteiger partial charge in [-0.1, -0.05) is 19.8 Å². The molecular weight excluding hydrogens is 298 g/mol. The van der Waals surface area contributed by atoms with Crippen LogP contribution in [0.4, 0.5) is 0 Å². The van der Waals surface area contributed by atoms with Gasteiger partial charge in [0.2, 0.25) is 10.0 Å². The van der Waals surface area contributed by atoms with Crippen LogP contribution in [0.25, 0.3) is 0 Å². The molecule has 0 aromatic heterocycles. The third kappa shape index (κ3) is 3.49. The van der Waals surface area contributed by atoms with Gasteiger partial charge in [-0.3, -0.25) is 4.79 Å². The molecule has 0 aromatic rings. The van der Waals surface area contributed by atoms with Crippen molar-refractivity contribution in [3.05, 3.63) is 0 Å². The van der Waals surface area contributed by atoms with E-state index >= 15 is 0 Å². The molecule has 1 aliphatic heterocycles. The van der Waals surface area contributed by atoms with Gasteiger partial charge in [-0.15, -0.1) is 0 Å². The molecule has 1 heterocycles. The van der Waals surface area contributed by atoms with Crippen LogP contribution in [0.2, 0.25) is 0 Å². The second kappa shape index (κ2) is 6.66. The highest BCUT2D eigenvalue weighted by atomic mass is 32.2. The molecule has 0 N–H and O–H groups in total. The van der Waals surface area contributed by atoms with E-state index in [4.69, 9.17) is 0 Å². The lowest BCUT2D eigenvalue weighted by molar-refractivity contribution is -0.144. The first kappa shape index (κ1) is 16.1. The quantitative estimate of drug-likeness (QED) is 0.734. The van der Waals surface area contributed by atoms with Gasteiger partial charge in [0.15, 0.2) is 0 Å². The number of nitrogens with zero attached hydrogens (tertiary/aromatic N) is 1. The Morgan fingerprint density at radius 3 is 2.80 bits per heavy atom. The zero-order valence-corrected chi connectivity index (χ0v) is 13.7. The average molecular weight is 321 g/mol. The lowest BCUT2D eigenvalue weighted by Crippen LogP contribution is -2.52. The predicted octanol–water partition coefficient (Wildman–Crippen LogP) is 1.49. The highest BCUT2D eigenvalue weighted by Crippen LogP contribution is 2.37. The minimum atomic E-state index is -3.39. The first-order valence-corrected chi connectivity index (χ1v) is 9.80. The second-order valence-electron chi connectivity index (χ2n) is 5.57. The van der Waals surface area contributed by atoms with Crippen molar-refractivity contribution in [2.45, 2.75) is 43.9 Å². The molecule has 3 atom stereocenters. The molecule has 2 rings (SSSR count). The van der Waals surface area contributed by atoms with Crippen LogP contribution in [0, 0.1) is 5.92 Å². The minimum Gasteiger partial charge on any atom is -0.469 e. The number of ether oxygens (including phenoxy) is 1. The molecule has 1 saturated heterocycles. The van der Waals surface area contributed by atoms with E-state index in [0.29, 0.717) is 11.8 Å². The number of sulfonamides is 1. The third-order valence-electron chi connectivity index (χ3n) is 4.10. The van der Waals surface area contributed by atoms with E-state index in [9.17, 15) is 13.2 Å². The Morgan fingerprint density at radius 2 is 2.10 bits per heavy atom. The number of carbonyl (C=O) groups excluding carboxylic acids is 1. The summed E-state index contributed by atoms with van der Waals surface area (Å²) in [5, 5.41) is 0.431. The van der Waals surface area contributed by atoms with Gasteiger partial charge in [-0.05, 0) is 12.8 Å². The Kier molecular flexibility index (Phi) is 5.36. The number of esters is 1. The number of fused-ring (bicyclic) bond motifs is 1. The maximum Gasteiger partial charge on any atom is 0.309 e. The van der Waals surface area contributed by atoms with Gasteiger partial charge in [0.05, 0.1) is 18.8 Å². The Labute approximate surface area is 125 Å². The molecule has 7 heteroatoms. The van der Waals surface area contributed by atoms with Gasteiger partial charge in [0.1, 0.15) is 0 Å². The lowest BCUT2D eigenvalue weighted by atomic mass is 9.95. The largest absolute Gasteiger partial charge is 0.469 e. The van der Waals surface area contributed by atoms with E-state index in [-0.39, 0.29) is 11.8 Å². The van der Waals surface area contributed by atoms with E-state index in [2.05, 4.69) is 4.74 Å². The standard InChI is InChI=1S/C13H23NO4S2/c1-10(13(15)18-2)9-20(16,17)14-7-8-19-12-6-4-3-5-11(12)14/h10-12H,3-9H2,1-2H3. The number of thioether (sulfide) groups is 1. The topological polar surface area (TPSA) is 63.7 Å². The number of rotatable bonds is 4. The van der Waals surface area contributed by atoms with E-state index < -0.39 is 21.9 Å². The highest BCUT2D eigenvalue weighted by molar-refractivity contribution is 8.00. The molecule has 2 aliphatic rings. The van der Waals surface area contributed by atoms with Crippen LogP contribution in [0.3, 0.4) is 0 Å². The summed E-state index contributed by atoms with van der Waals surface area (Å²) in [6.45, 7) is 2.18. The fourth-order valence-electron chi connectivity index (χ4n) is 3.09. The van der Waals surface area contributed by atoms with E-state index in [0.717, 1.165) is 25.0 Å². The summed E-state index contributed by atoms with van der Waals surface area (Å²) in [4.78, 5) is 11.4. The Morgan fingerprint density at radius 1 is 1.40 bits per heavy atom. The number of methoxy groups -OCH3 is 1. The summed E-state index contributed by atoms with van der Waals surface area (Å²) < 4.78 is 31.4. The molecule has 1 aliphatic carbocycles. The van der Waals surface area contributed by atoms with Crippen LogP contribution in [0.5, 0.6) is 0 Å². The van der Waals surface area contributed by atoms with Crippen LogP contribution in [-0.2, 0) is 19.6 Å². The normalized spacial score (nSPS) is 29.5. The van der Waals surface area contributed by atoms with Crippen molar-refractivity contribution < 1.29 is 17.9 Å². The molecule has 5 nitrogen and oxygen atoms in total. The van der Waals surface area contributed by atoms with Crippen LogP contribution >= 0.6 is 11.8 Å². The molecule has 0 amide bonds. The van der Waals surface area contributed by atoms with Gasteiger partial charge >= 0.3 is 5.97 Å². The van der Waals surface area contributed by atoms with Gasteiger partial charge < -0.3 is 4.74 Å². The highest BCUT2D eigenvalue weighted by Gasteiger charge is 2.40. The van der Waals surface area contributed by atoms with Crippen molar-refractivity contribution in [3.8, 4) is 0 Å². The Balaban J connectivity index is 2.09. The van der Waals surface area contributed by atoms with Crippen LogP contribution in [0.15, 0.2) is 0 Å². The first-order valence-electron chi connectivity index (χ1n) is 7.14. The van der Waals surface area contributed by atoms with Crippen molar-refractivity contribution in [1.82, 2.24) is 4.31 Å². The average Bonchev–Trinajstić information content (AvgIpc) is 2.45. The fraction of sp³-hybridized carbons (Fsp3) is 0.923. The third-order valence-corrected chi connectivity index (χ3v) is 7.59. The van der Waals surface area contributed by atoms with E-state index in [1.54, 1.807) is 11.2 Å². The second-order valence-corrected chi connectivity index (χ2v) is 8.89. The Hall–Kier alpha value is -0.270. The molecule has 0 spiro atoms.